The molecule has 1 atom stereocenters. The van der Waals surface area contributed by atoms with E-state index in [4.69, 9.17) is 0 Å². The molecule has 1 heterocycles. The van der Waals surface area contributed by atoms with Crippen LogP contribution in [-0.4, -0.2) is 61.3 Å². The van der Waals surface area contributed by atoms with Crippen LogP contribution in [0.2, 0.25) is 0 Å². The average Bonchev–Trinajstić information content (AvgIpc) is 3.12. The molecule has 1 aliphatic rings. The van der Waals surface area contributed by atoms with Crippen LogP contribution in [0.5, 0.6) is 0 Å². The number of hydrogen-bond donors (Lipinski definition) is 3. The predicted octanol–water partition coefficient (Wildman–Crippen LogP) is 1.05. The van der Waals surface area contributed by atoms with Crippen LogP contribution in [0.25, 0.3) is 0 Å². The molecule has 0 aliphatic carbocycles. The molecule has 1 fully saturated rings. The van der Waals surface area contributed by atoms with E-state index < -0.39 is 17.4 Å². The number of carbonyl (C=O) groups excluding carboxylic acids is 4. The highest BCUT2D eigenvalue weighted by molar-refractivity contribution is 5.92. The summed E-state index contributed by atoms with van der Waals surface area (Å²) in [6, 6.07) is -0.482. The van der Waals surface area contributed by atoms with Crippen LogP contribution >= 0.6 is 0 Å². The van der Waals surface area contributed by atoms with Gasteiger partial charge in [0.2, 0.25) is 23.6 Å². The third kappa shape index (κ3) is 5.48. The lowest BCUT2D eigenvalue weighted by atomic mass is 9.55. The van der Waals surface area contributed by atoms with Crippen LogP contribution < -0.4 is 16.0 Å². The lowest BCUT2D eigenvalue weighted by Gasteiger charge is -2.49. The van der Waals surface area contributed by atoms with E-state index in [1.54, 1.807) is 0 Å². The fourth-order valence-corrected chi connectivity index (χ4v) is 3.45. The molecular weight excluding hydrogens is 372 g/mol. The fraction of sp³-hybridized carbons (Fsp3) is 0.810. The van der Waals surface area contributed by atoms with Crippen LogP contribution in [0.3, 0.4) is 0 Å². The molecule has 29 heavy (non-hydrogen) atoms. The second kappa shape index (κ2) is 9.13. The number of hydrogen-bond acceptors (Lipinski definition) is 4. The first-order chi connectivity index (χ1) is 13.2. The van der Waals surface area contributed by atoms with E-state index in [1.807, 2.05) is 27.7 Å². The van der Waals surface area contributed by atoms with Gasteiger partial charge in [0.05, 0.1) is 13.1 Å². The van der Waals surface area contributed by atoms with Gasteiger partial charge in [0, 0.05) is 19.0 Å². The fourth-order valence-electron chi connectivity index (χ4n) is 3.45. The normalized spacial score (nSPS) is 17.7. The summed E-state index contributed by atoms with van der Waals surface area (Å²) in [6.45, 7) is 14.2. The van der Waals surface area contributed by atoms with Crippen LogP contribution in [0.4, 0.5) is 0 Å². The summed E-state index contributed by atoms with van der Waals surface area (Å²) in [6.07, 6.45) is 1.38. The summed E-state index contributed by atoms with van der Waals surface area (Å²) < 4.78 is 0. The van der Waals surface area contributed by atoms with Crippen molar-refractivity contribution in [2.75, 3.05) is 26.7 Å². The predicted molar refractivity (Wildman–Crippen MR) is 112 cm³/mol. The number of nitrogens with one attached hydrogen (secondary N) is 3. The molecule has 8 nitrogen and oxygen atoms in total. The molecule has 1 unspecified atom stereocenters. The summed E-state index contributed by atoms with van der Waals surface area (Å²) in [5, 5.41) is 7.78. The largest absolute Gasteiger partial charge is 0.357 e. The molecule has 0 aromatic heterocycles. The number of carbonyl (C=O) groups is 4. The Balaban J connectivity index is 2.56. The van der Waals surface area contributed by atoms with Crippen molar-refractivity contribution >= 4 is 23.6 Å². The number of likely N-dealkylation sites (N-methyl/N-ethyl adjacent to an activating group) is 1. The highest BCUT2D eigenvalue weighted by Crippen LogP contribution is 2.51. The zero-order valence-electron chi connectivity index (χ0n) is 19.2. The minimum atomic E-state index is -0.697. The standard InChI is InChI=1S/C21H38N4O4/c1-19(2,3)21(6,7)20(4,5)18(29)24-12-15(26)23-13-16(27)25-11-9-10-14(25)17(28)22-8/h14H,9-13H2,1-8H3,(H,22,28)(H,23,26)(H,24,29). The van der Waals surface area contributed by atoms with E-state index in [-0.39, 0.29) is 41.6 Å². The third-order valence-electron chi connectivity index (χ3n) is 6.97. The van der Waals surface area contributed by atoms with Crippen LogP contribution in [-0.2, 0) is 19.2 Å². The SMILES string of the molecule is CNC(=O)C1CCCN1C(=O)CNC(=O)CNC(=O)C(C)(C)C(C)(C)C(C)(C)C. The van der Waals surface area contributed by atoms with Gasteiger partial charge in [-0.1, -0.05) is 48.5 Å². The molecule has 8 heteroatoms. The minimum absolute atomic E-state index is 0.112. The summed E-state index contributed by atoms with van der Waals surface area (Å²) in [5.74, 6) is -1.15. The summed E-state index contributed by atoms with van der Waals surface area (Å²) in [5.41, 5.74) is -1.13. The van der Waals surface area contributed by atoms with Gasteiger partial charge in [-0.2, -0.15) is 0 Å². The molecular formula is C21H38N4O4. The van der Waals surface area contributed by atoms with Gasteiger partial charge in [-0.25, -0.2) is 0 Å². The van der Waals surface area contributed by atoms with Crippen molar-refractivity contribution in [1.29, 1.82) is 0 Å². The van der Waals surface area contributed by atoms with Crippen molar-refractivity contribution in [1.82, 2.24) is 20.9 Å². The number of nitrogens with zero attached hydrogens (tertiary/aromatic N) is 1. The van der Waals surface area contributed by atoms with Crippen LogP contribution in [0.15, 0.2) is 0 Å². The molecule has 4 amide bonds. The molecule has 0 radical (unpaired) electrons. The molecule has 1 rings (SSSR count). The maximum Gasteiger partial charge on any atom is 0.242 e. The lowest BCUT2D eigenvalue weighted by molar-refractivity contribution is -0.142. The summed E-state index contributed by atoms with van der Waals surface area (Å²) in [7, 11) is 1.54. The molecule has 0 saturated carbocycles. The lowest BCUT2D eigenvalue weighted by Crippen LogP contribution is -2.53. The van der Waals surface area contributed by atoms with Gasteiger partial charge in [-0.05, 0) is 23.7 Å². The Morgan fingerprint density at radius 1 is 0.931 bits per heavy atom. The second-order valence-electron chi connectivity index (χ2n) is 9.82. The highest BCUT2D eigenvalue weighted by atomic mass is 16.2. The van der Waals surface area contributed by atoms with Crippen molar-refractivity contribution in [2.24, 2.45) is 16.2 Å². The molecule has 3 N–H and O–H groups in total. The van der Waals surface area contributed by atoms with Gasteiger partial charge >= 0.3 is 0 Å². The first kappa shape index (κ1) is 24.9. The smallest absolute Gasteiger partial charge is 0.242 e. The first-order valence-corrected chi connectivity index (χ1v) is 10.2. The van der Waals surface area contributed by atoms with E-state index in [2.05, 4.69) is 36.7 Å². The van der Waals surface area contributed by atoms with Crippen molar-refractivity contribution in [3.63, 3.8) is 0 Å². The van der Waals surface area contributed by atoms with E-state index in [0.29, 0.717) is 13.0 Å². The van der Waals surface area contributed by atoms with Crippen LogP contribution in [0, 0.1) is 16.2 Å². The third-order valence-corrected chi connectivity index (χ3v) is 6.97. The van der Waals surface area contributed by atoms with Crippen molar-refractivity contribution in [2.45, 2.75) is 67.3 Å². The number of likely N-dealkylation sites (tertiary alicyclic amines) is 1. The van der Waals surface area contributed by atoms with Crippen molar-refractivity contribution < 1.29 is 19.2 Å². The quantitative estimate of drug-likeness (QED) is 0.583. The maximum atomic E-state index is 12.8. The molecule has 0 bridgehead atoms. The van der Waals surface area contributed by atoms with E-state index >= 15 is 0 Å². The Bertz CT molecular complexity index is 650. The molecule has 1 aliphatic heterocycles. The van der Waals surface area contributed by atoms with Gasteiger partial charge in [0.25, 0.3) is 0 Å². The number of amides is 4. The van der Waals surface area contributed by atoms with Gasteiger partial charge in [0.1, 0.15) is 6.04 Å². The maximum absolute atomic E-state index is 12.8. The number of rotatable bonds is 7. The Morgan fingerprint density at radius 3 is 2.03 bits per heavy atom. The average molecular weight is 411 g/mol. The molecule has 0 spiro atoms. The monoisotopic (exact) mass is 410 g/mol. The molecule has 0 aromatic carbocycles. The topological polar surface area (TPSA) is 108 Å². The van der Waals surface area contributed by atoms with Gasteiger partial charge in [-0.15, -0.1) is 0 Å². The first-order valence-electron chi connectivity index (χ1n) is 10.2. The Morgan fingerprint density at radius 2 is 1.52 bits per heavy atom. The van der Waals surface area contributed by atoms with E-state index in [9.17, 15) is 19.2 Å². The van der Waals surface area contributed by atoms with Gasteiger partial charge in [0.15, 0.2) is 0 Å². The van der Waals surface area contributed by atoms with Gasteiger partial charge in [-0.3, -0.25) is 19.2 Å². The summed E-state index contributed by atoms with van der Waals surface area (Å²) >= 11 is 0. The zero-order chi connectivity index (χ0) is 22.6. The van der Waals surface area contributed by atoms with E-state index in [0.717, 1.165) is 6.42 Å². The Kier molecular flexibility index (Phi) is 7.85. The van der Waals surface area contributed by atoms with Crippen LogP contribution in [0.1, 0.15) is 61.3 Å². The van der Waals surface area contributed by atoms with Crippen molar-refractivity contribution in [3.05, 3.63) is 0 Å². The second-order valence-corrected chi connectivity index (χ2v) is 9.82. The Labute approximate surface area is 174 Å². The molecule has 166 valence electrons. The molecule has 1 saturated heterocycles. The minimum Gasteiger partial charge on any atom is -0.357 e. The highest BCUT2D eigenvalue weighted by Gasteiger charge is 2.49. The summed E-state index contributed by atoms with van der Waals surface area (Å²) in [4.78, 5) is 50.6. The van der Waals surface area contributed by atoms with E-state index in [1.165, 1.54) is 11.9 Å². The Hall–Kier alpha value is -2.12. The van der Waals surface area contributed by atoms with Crippen molar-refractivity contribution in [3.8, 4) is 0 Å². The molecule has 0 aromatic rings. The van der Waals surface area contributed by atoms with Gasteiger partial charge < -0.3 is 20.9 Å². The zero-order valence-corrected chi connectivity index (χ0v) is 19.2.